The molecule has 40 heavy (non-hydrogen) atoms. The van der Waals surface area contributed by atoms with Gasteiger partial charge in [-0.1, -0.05) is 54.9 Å². The number of pyridine rings is 1. The number of amides is 1. The average Bonchev–Trinajstić information content (AvgIpc) is 3.36. The molecule has 0 saturated carbocycles. The van der Waals surface area contributed by atoms with Crippen LogP contribution < -0.4 is 15.6 Å². The highest BCUT2D eigenvalue weighted by molar-refractivity contribution is 6.36. The monoisotopic (exact) mass is 557 g/mol. The Bertz CT molecular complexity index is 1630. The summed E-state index contributed by atoms with van der Waals surface area (Å²) in [7, 11) is 3.15. The number of nitrogens with zero attached hydrogens (tertiary/aromatic N) is 4. The smallest absolute Gasteiger partial charge is 0.279 e. The maximum atomic E-state index is 12.9. The fraction of sp³-hybridized carbons (Fsp3) is 0.290. The average molecular weight is 558 g/mol. The van der Waals surface area contributed by atoms with Gasteiger partial charge in [-0.2, -0.15) is 5.10 Å². The van der Waals surface area contributed by atoms with E-state index in [1.54, 1.807) is 13.2 Å². The fourth-order valence-corrected chi connectivity index (χ4v) is 5.52. The van der Waals surface area contributed by atoms with Crippen molar-refractivity contribution >= 4 is 23.2 Å². The Kier molecular flexibility index (Phi) is 8.00. The lowest BCUT2D eigenvalue weighted by Crippen LogP contribution is -2.28. The molecule has 0 bridgehead atoms. The standard InChI is InChI=1S/C31H32ClN5O3/c1-19-14-16-37(17-19)18-21-11-12-27(35-30(21)40-4)24-9-5-8-23(28(24)32)22-7-6-10-26(20(22)2)34-29(38)25-13-15-33-36(3)31(25)39/h5-13,15,19H,14,16-18H2,1-4H3,(H,34,38)/t19-/m1/s1. The molecule has 0 spiro atoms. The molecule has 2 aromatic carbocycles. The van der Waals surface area contributed by atoms with Gasteiger partial charge in [-0.25, -0.2) is 9.67 Å². The number of nitrogens with one attached hydrogen (secondary N) is 1. The van der Waals surface area contributed by atoms with Crippen LogP contribution in [0.4, 0.5) is 5.69 Å². The maximum absolute atomic E-state index is 12.9. The molecule has 8 nitrogen and oxygen atoms in total. The first-order valence-electron chi connectivity index (χ1n) is 13.3. The van der Waals surface area contributed by atoms with Gasteiger partial charge in [-0.15, -0.1) is 0 Å². The number of anilines is 1. The van der Waals surface area contributed by atoms with E-state index in [2.05, 4.69) is 28.3 Å². The third-order valence-electron chi connectivity index (χ3n) is 7.43. The number of methoxy groups -OCH3 is 1. The van der Waals surface area contributed by atoms with Gasteiger partial charge in [0.15, 0.2) is 0 Å². The number of aromatic nitrogens is 3. The first-order valence-corrected chi connectivity index (χ1v) is 13.6. The van der Waals surface area contributed by atoms with Crippen molar-refractivity contribution in [3.63, 3.8) is 0 Å². The number of rotatable bonds is 7. The molecule has 1 N–H and O–H groups in total. The Morgan fingerprint density at radius 2 is 1.85 bits per heavy atom. The van der Waals surface area contributed by atoms with E-state index in [1.165, 1.54) is 25.7 Å². The van der Waals surface area contributed by atoms with E-state index < -0.39 is 11.5 Å². The highest BCUT2D eigenvalue weighted by atomic mass is 35.5. The largest absolute Gasteiger partial charge is 0.481 e. The predicted molar refractivity (Wildman–Crippen MR) is 158 cm³/mol. The quantitative estimate of drug-likeness (QED) is 0.319. The second-order valence-electron chi connectivity index (χ2n) is 10.3. The molecular formula is C31H32ClN5O3. The van der Waals surface area contributed by atoms with E-state index in [1.807, 2.05) is 43.3 Å². The Morgan fingerprint density at radius 1 is 1.10 bits per heavy atom. The van der Waals surface area contributed by atoms with Crippen LogP contribution in [0, 0.1) is 12.8 Å². The van der Waals surface area contributed by atoms with Gasteiger partial charge < -0.3 is 10.1 Å². The minimum Gasteiger partial charge on any atom is -0.481 e. The number of aryl methyl sites for hydroxylation is 1. The van der Waals surface area contributed by atoms with Crippen molar-refractivity contribution in [2.45, 2.75) is 26.8 Å². The van der Waals surface area contributed by atoms with Crippen LogP contribution in [0.5, 0.6) is 5.88 Å². The third-order valence-corrected chi connectivity index (χ3v) is 7.84. The first kappa shape index (κ1) is 27.6. The van der Waals surface area contributed by atoms with Crippen LogP contribution in [0.2, 0.25) is 5.02 Å². The Balaban J connectivity index is 1.45. The number of ether oxygens (including phenoxy) is 1. The molecule has 1 atom stereocenters. The number of halogens is 1. The van der Waals surface area contributed by atoms with Crippen molar-refractivity contribution in [1.82, 2.24) is 19.7 Å². The molecule has 206 valence electrons. The molecule has 0 radical (unpaired) electrons. The number of carbonyl (C=O) groups excluding carboxylic acids is 1. The van der Waals surface area contributed by atoms with Crippen LogP contribution in [0.15, 0.2) is 65.6 Å². The van der Waals surface area contributed by atoms with Gasteiger partial charge in [0.2, 0.25) is 5.88 Å². The lowest BCUT2D eigenvalue weighted by Gasteiger charge is -2.18. The van der Waals surface area contributed by atoms with Gasteiger partial charge in [-0.05, 0) is 55.1 Å². The highest BCUT2D eigenvalue weighted by Gasteiger charge is 2.21. The van der Waals surface area contributed by atoms with Crippen molar-refractivity contribution in [3.05, 3.63) is 92.9 Å². The molecule has 5 rings (SSSR count). The van der Waals surface area contributed by atoms with Crippen LogP contribution in [-0.2, 0) is 13.6 Å². The van der Waals surface area contributed by atoms with E-state index in [0.29, 0.717) is 22.5 Å². The third kappa shape index (κ3) is 5.50. The number of likely N-dealkylation sites (tertiary alicyclic amines) is 1. The molecular weight excluding hydrogens is 526 g/mol. The van der Waals surface area contributed by atoms with Crippen LogP contribution in [0.3, 0.4) is 0 Å². The molecule has 0 aliphatic carbocycles. The van der Waals surface area contributed by atoms with Crippen molar-refractivity contribution in [2.24, 2.45) is 13.0 Å². The molecule has 1 amide bonds. The van der Waals surface area contributed by atoms with E-state index in [9.17, 15) is 9.59 Å². The zero-order chi connectivity index (χ0) is 28.4. The molecule has 1 aliphatic rings. The minimum atomic E-state index is -0.497. The zero-order valence-electron chi connectivity index (χ0n) is 23.1. The Labute approximate surface area is 238 Å². The van der Waals surface area contributed by atoms with Crippen molar-refractivity contribution in [1.29, 1.82) is 0 Å². The molecule has 3 heterocycles. The molecule has 1 aliphatic heterocycles. The summed E-state index contributed by atoms with van der Waals surface area (Å²) in [5.74, 6) is 0.808. The van der Waals surface area contributed by atoms with Gasteiger partial charge in [-0.3, -0.25) is 14.5 Å². The Morgan fingerprint density at radius 3 is 2.60 bits per heavy atom. The van der Waals surface area contributed by atoms with Crippen LogP contribution in [-0.4, -0.2) is 45.8 Å². The highest BCUT2D eigenvalue weighted by Crippen LogP contribution is 2.39. The number of hydrogen-bond acceptors (Lipinski definition) is 6. The summed E-state index contributed by atoms with van der Waals surface area (Å²) < 4.78 is 6.81. The lowest BCUT2D eigenvalue weighted by molar-refractivity contribution is 0.102. The van der Waals surface area contributed by atoms with Crippen molar-refractivity contribution < 1.29 is 9.53 Å². The second kappa shape index (κ2) is 11.6. The topological polar surface area (TPSA) is 89.3 Å². The summed E-state index contributed by atoms with van der Waals surface area (Å²) >= 11 is 7.00. The first-order chi connectivity index (χ1) is 19.3. The van der Waals surface area contributed by atoms with E-state index >= 15 is 0 Å². The summed E-state index contributed by atoms with van der Waals surface area (Å²) in [6.45, 7) is 7.16. The van der Waals surface area contributed by atoms with Gasteiger partial charge in [0.05, 0.1) is 17.8 Å². The second-order valence-corrected chi connectivity index (χ2v) is 10.6. The summed E-state index contributed by atoms with van der Waals surface area (Å²) in [4.78, 5) is 32.5. The summed E-state index contributed by atoms with van der Waals surface area (Å²) in [6.07, 6.45) is 2.63. The Hall–Kier alpha value is -4.01. The number of carbonyl (C=O) groups is 1. The lowest BCUT2D eigenvalue weighted by atomic mass is 9.96. The minimum absolute atomic E-state index is 0.0186. The van der Waals surface area contributed by atoms with Crippen LogP contribution >= 0.6 is 11.6 Å². The van der Waals surface area contributed by atoms with E-state index in [0.717, 1.165) is 57.8 Å². The van der Waals surface area contributed by atoms with Crippen LogP contribution in [0.1, 0.15) is 34.8 Å². The molecule has 0 unspecified atom stereocenters. The summed E-state index contributed by atoms with van der Waals surface area (Å²) in [6, 6.07) is 16.9. The normalized spacial score (nSPS) is 15.3. The van der Waals surface area contributed by atoms with Crippen molar-refractivity contribution in [2.75, 3.05) is 25.5 Å². The molecule has 9 heteroatoms. The fourth-order valence-electron chi connectivity index (χ4n) is 5.20. The molecule has 1 saturated heterocycles. The van der Waals surface area contributed by atoms with E-state index in [-0.39, 0.29) is 5.56 Å². The van der Waals surface area contributed by atoms with Gasteiger partial charge in [0.25, 0.3) is 11.5 Å². The maximum Gasteiger partial charge on any atom is 0.279 e. The van der Waals surface area contributed by atoms with Gasteiger partial charge in [0, 0.05) is 48.7 Å². The molecule has 4 aromatic rings. The van der Waals surface area contributed by atoms with Gasteiger partial charge >= 0.3 is 0 Å². The number of hydrogen-bond donors (Lipinski definition) is 1. The predicted octanol–water partition coefficient (Wildman–Crippen LogP) is 5.57. The molecule has 2 aromatic heterocycles. The van der Waals surface area contributed by atoms with Crippen molar-refractivity contribution in [3.8, 4) is 28.3 Å². The zero-order valence-corrected chi connectivity index (χ0v) is 23.8. The summed E-state index contributed by atoms with van der Waals surface area (Å²) in [5, 5.41) is 7.30. The number of benzene rings is 2. The summed E-state index contributed by atoms with van der Waals surface area (Å²) in [5.41, 5.74) is 5.19. The molecule has 1 fully saturated rings. The SMILES string of the molecule is COc1nc(-c2cccc(-c3cccc(NC(=O)c4ccnn(C)c4=O)c3C)c2Cl)ccc1CN1CC[C@@H](C)C1. The van der Waals surface area contributed by atoms with Crippen LogP contribution in [0.25, 0.3) is 22.4 Å². The van der Waals surface area contributed by atoms with Gasteiger partial charge in [0.1, 0.15) is 5.56 Å². The van der Waals surface area contributed by atoms with E-state index in [4.69, 9.17) is 21.3 Å².